The number of alkyl halides is 1. The molecule has 88 valence electrons. The van der Waals surface area contributed by atoms with Crippen LogP contribution in [0.15, 0.2) is 23.1 Å². The molecule has 0 radical (unpaired) electrons. The Balaban J connectivity index is 2.95. The van der Waals surface area contributed by atoms with Crippen LogP contribution in [0.4, 0.5) is 5.69 Å². The van der Waals surface area contributed by atoms with Crippen LogP contribution in [0.5, 0.6) is 0 Å². The molecule has 1 aromatic carbocycles. The normalized spacial score (nSPS) is 12.4. The predicted octanol–water partition coefficient (Wildman–Crippen LogP) is 4.01. The van der Waals surface area contributed by atoms with Crippen LogP contribution in [0.3, 0.4) is 0 Å². The number of nitro benzene ring substituents is 1. The van der Waals surface area contributed by atoms with Gasteiger partial charge in [-0.05, 0) is 19.4 Å². The standard InChI is InChI=1S/C11H14ClNO2S/c1-8-4-3-5-10(11(8)13(14)15)16-9(2)6-7-12/h3-5,9H,6-7H2,1-2H3. The van der Waals surface area contributed by atoms with Gasteiger partial charge in [0.1, 0.15) is 0 Å². The van der Waals surface area contributed by atoms with E-state index in [1.54, 1.807) is 19.1 Å². The minimum atomic E-state index is -0.314. The molecule has 5 heteroatoms. The first-order valence-electron chi connectivity index (χ1n) is 5.03. The van der Waals surface area contributed by atoms with Gasteiger partial charge in [-0.2, -0.15) is 0 Å². The van der Waals surface area contributed by atoms with E-state index in [4.69, 9.17) is 11.6 Å². The zero-order chi connectivity index (χ0) is 12.1. The first-order chi connectivity index (χ1) is 7.56. The van der Waals surface area contributed by atoms with Crippen LogP contribution < -0.4 is 0 Å². The Morgan fingerprint density at radius 3 is 2.81 bits per heavy atom. The monoisotopic (exact) mass is 259 g/mol. The third kappa shape index (κ3) is 3.39. The molecule has 1 aromatic rings. The second-order valence-electron chi connectivity index (χ2n) is 3.58. The van der Waals surface area contributed by atoms with E-state index in [1.807, 2.05) is 13.0 Å². The van der Waals surface area contributed by atoms with Crippen molar-refractivity contribution in [1.29, 1.82) is 0 Å². The highest BCUT2D eigenvalue weighted by molar-refractivity contribution is 8.00. The number of hydrogen-bond acceptors (Lipinski definition) is 3. The fourth-order valence-corrected chi connectivity index (χ4v) is 3.02. The third-order valence-electron chi connectivity index (χ3n) is 2.23. The number of nitrogens with zero attached hydrogens (tertiary/aromatic N) is 1. The van der Waals surface area contributed by atoms with Crippen LogP contribution in [0.25, 0.3) is 0 Å². The Hall–Kier alpha value is -0.740. The fraction of sp³-hybridized carbons (Fsp3) is 0.455. The lowest BCUT2D eigenvalue weighted by Gasteiger charge is -2.10. The lowest BCUT2D eigenvalue weighted by Crippen LogP contribution is -2.00. The summed E-state index contributed by atoms with van der Waals surface area (Å²) in [6.45, 7) is 3.79. The summed E-state index contributed by atoms with van der Waals surface area (Å²) in [7, 11) is 0. The van der Waals surface area contributed by atoms with Gasteiger partial charge in [0, 0.05) is 16.7 Å². The highest BCUT2D eigenvalue weighted by Crippen LogP contribution is 2.35. The lowest BCUT2D eigenvalue weighted by atomic mass is 10.2. The Bertz CT molecular complexity index is 384. The summed E-state index contributed by atoms with van der Waals surface area (Å²) in [6, 6.07) is 5.40. The average molecular weight is 260 g/mol. The molecule has 1 unspecified atom stereocenters. The number of hydrogen-bond donors (Lipinski definition) is 0. The number of thioether (sulfide) groups is 1. The van der Waals surface area contributed by atoms with Crippen molar-refractivity contribution in [2.24, 2.45) is 0 Å². The first-order valence-corrected chi connectivity index (χ1v) is 6.44. The summed E-state index contributed by atoms with van der Waals surface area (Å²) in [5, 5.41) is 11.2. The van der Waals surface area contributed by atoms with E-state index < -0.39 is 0 Å². The van der Waals surface area contributed by atoms with Gasteiger partial charge in [0.2, 0.25) is 0 Å². The van der Waals surface area contributed by atoms with Gasteiger partial charge in [-0.3, -0.25) is 10.1 Å². The number of rotatable bonds is 5. The fourth-order valence-electron chi connectivity index (χ4n) is 1.39. The van der Waals surface area contributed by atoms with Crippen LogP contribution in [0.2, 0.25) is 0 Å². The number of para-hydroxylation sites is 1. The number of nitro groups is 1. The topological polar surface area (TPSA) is 43.1 Å². The van der Waals surface area contributed by atoms with Crippen LogP contribution in [-0.4, -0.2) is 16.1 Å². The molecule has 3 nitrogen and oxygen atoms in total. The zero-order valence-electron chi connectivity index (χ0n) is 9.27. The maximum atomic E-state index is 10.9. The minimum Gasteiger partial charge on any atom is -0.258 e. The van der Waals surface area contributed by atoms with Gasteiger partial charge < -0.3 is 0 Å². The molecule has 0 amide bonds. The molecule has 0 aliphatic rings. The van der Waals surface area contributed by atoms with Crippen LogP contribution in [0.1, 0.15) is 18.9 Å². The van der Waals surface area contributed by atoms with Crippen molar-refractivity contribution in [3.8, 4) is 0 Å². The van der Waals surface area contributed by atoms with Crippen molar-refractivity contribution in [3.63, 3.8) is 0 Å². The molecule has 0 spiro atoms. The maximum Gasteiger partial charge on any atom is 0.285 e. The molecule has 1 atom stereocenters. The van der Waals surface area contributed by atoms with E-state index in [2.05, 4.69) is 0 Å². The van der Waals surface area contributed by atoms with Gasteiger partial charge in [0.25, 0.3) is 5.69 Å². The number of benzene rings is 1. The van der Waals surface area contributed by atoms with Gasteiger partial charge >= 0.3 is 0 Å². The Morgan fingerprint density at radius 2 is 2.25 bits per heavy atom. The largest absolute Gasteiger partial charge is 0.285 e. The van der Waals surface area contributed by atoms with E-state index in [0.717, 1.165) is 11.3 Å². The average Bonchev–Trinajstić information content (AvgIpc) is 2.17. The summed E-state index contributed by atoms with van der Waals surface area (Å²) in [6.07, 6.45) is 0.845. The van der Waals surface area contributed by atoms with Gasteiger partial charge in [-0.1, -0.05) is 19.1 Å². The van der Waals surface area contributed by atoms with Crippen molar-refractivity contribution >= 4 is 29.1 Å². The molecule has 0 heterocycles. The molecule has 0 saturated heterocycles. The molecule has 16 heavy (non-hydrogen) atoms. The molecular weight excluding hydrogens is 246 g/mol. The smallest absolute Gasteiger partial charge is 0.258 e. The zero-order valence-corrected chi connectivity index (χ0v) is 10.8. The van der Waals surface area contributed by atoms with E-state index in [-0.39, 0.29) is 15.9 Å². The van der Waals surface area contributed by atoms with Crippen molar-refractivity contribution in [2.45, 2.75) is 30.4 Å². The van der Waals surface area contributed by atoms with Crippen LogP contribution >= 0.6 is 23.4 Å². The van der Waals surface area contributed by atoms with Crippen molar-refractivity contribution in [1.82, 2.24) is 0 Å². The molecule has 0 saturated carbocycles. The molecule has 0 aromatic heterocycles. The van der Waals surface area contributed by atoms with Crippen LogP contribution in [0, 0.1) is 17.0 Å². The molecule has 0 fully saturated rings. The lowest BCUT2D eigenvalue weighted by molar-refractivity contribution is -0.388. The summed E-state index contributed by atoms with van der Waals surface area (Å²) >= 11 is 7.16. The molecule has 0 aliphatic heterocycles. The number of halogens is 1. The van der Waals surface area contributed by atoms with E-state index >= 15 is 0 Å². The summed E-state index contributed by atoms with van der Waals surface area (Å²) in [5.74, 6) is 0.577. The van der Waals surface area contributed by atoms with E-state index in [0.29, 0.717) is 11.4 Å². The Morgan fingerprint density at radius 1 is 1.56 bits per heavy atom. The van der Waals surface area contributed by atoms with E-state index in [9.17, 15) is 10.1 Å². The summed E-state index contributed by atoms with van der Waals surface area (Å²) < 4.78 is 0. The second-order valence-corrected chi connectivity index (χ2v) is 5.44. The van der Waals surface area contributed by atoms with Gasteiger partial charge in [-0.25, -0.2) is 0 Å². The second kappa shape index (κ2) is 6.11. The van der Waals surface area contributed by atoms with Gasteiger partial charge in [0.15, 0.2) is 0 Å². The quantitative estimate of drug-likeness (QED) is 0.347. The summed E-state index contributed by atoms with van der Waals surface area (Å²) in [5.41, 5.74) is 0.919. The Labute approximate surface area is 104 Å². The molecule has 0 bridgehead atoms. The molecular formula is C11H14ClNO2S. The number of aryl methyl sites for hydroxylation is 1. The maximum absolute atomic E-state index is 10.9. The minimum absolute atomic E-state index is 0.217. The predicted molar refractivity (Wildman–Crippen MR) is 68.5 cm³/mol. The van der Waals surface area contributed by atoms with Crippen molar-refractivity contribution in [3.05, 3.63) is 33.9 Å². The van der Waals surface area contributed by atoms with Gasteiger partial charge in [0.05, 0.1) is 9.82 Å². The first kappa shape index (κ1) is 13.3. The highest BCUT2D eigenvalue weighted by atomic mass is 35.5. The van der Waals surface area contributed by atoms with Crippen molar-refractivity contribution < 1.29 is 4.92 Å². The Kier molecular flexibility index (Phi) is 5.09. The van der Waals surface area contributed by atoms with Gasteiger partial charge in [-0.15, -0.1) is 23.4 Å². The molecule has 0 aliphatic carbocycles. The third-order valence-corrected chi connectivity index (χ3v) is 3.67. The summed E-state index contributed by atoms with van der Waals surface area (Å²) in [4.78, 5) is 11.4. The van der Waals surface area contributed by atoms with E-state index in [1.165, 1.54) is 11.8 Å². The molecule has 0 N–H and O–H groups in total. The van der Waals surface area contributed by atoms with Crippen LogP contribution in [-0.2, 0) is 0 Å². The highest BCUT2D eigenvalue weighted by Gasteiger charge is 2.18. The van der Waals surface area contributed by atoms with Crippen molar-refractivity contribution in [2.75, 3.05) is 5.88 Å². The molecule has 1 rings (SSSR count). The SMILES string of the molecule is Cc1cccc(SC(C)CCCl)c1[N+](=O)[O-].